The summed E-state index contributed by atoms with van der Waals surface area (Å²) in [6.07, 6.45) is 1.46. The number of H-pyrrole nitrogens is 1. The maximum atomic E-state index is 13.1. The first-order valence-corrected chi connectivity index (χ1v) is 10.9. The van der Waals surface area contributed by atoms with Crippen LogP contribution in [-0.4, -0.2) is 42.9 Å². The summed E-state index contributed by atoms with van der Waals surface area (Å²) in [5.41, 5.74) is 0.314. The van der Waals surface area contributed by atoms with Crippen molar-refractivity contribution in [3.05, 3.63) is 49.9 Å². The van der Waals surface area contributed by atoms with Gasteiger partial charge in [-0.15, -0.1) is 0 Å². The van der Waals surface area contributed by atoms with Gasteiger partial charge in [0.15, 0.2) is 15.6 Å². The quantitative estimate of drug-likeness (QED) is 0.749. The Morgan fingerprint density at radius 3 is 2.61 bits per heavy atom. The maximum absolute atomic E-state index is 13.1. The van der Waals surface area contributed by atoms with Crippen LogP contribution >= 0.6 is 11.6 Å². The number of ether oxygens (including phenoxy) is 2. The van der Waals surface area contributed by atoms with Gasteiger partial charge in [0.1, 0.15) is 5.56 Å². The van der Waals surface area contributed by atoms with E-state index in [-0.39, 0.29) is 38.8 Å². The minimum absolute atomic E-state index is 0.0399. The molecule has 150 valence electrons. The minimum Gasteiger partial charge on any atom is -0.343 e. The second-order valence-electron chi connectivity index (χ2n) is 6.82. The molecule has 2 aliphatic heterocycles. The third-order valence-electron chi connectivity index (χ3n) is 5.29. The highest BCUT2D eigenvalue weighted by molar-refractivity contribution is 7.91. The summed E-state index contributed by atoms with van der Waals surface area (Å²) < 4.78 is 38.3. The fraction of sp³-hybridized carbons (Fsp3) is 0.444. The van der Waals surface area contributed by atoms with Crippen molar-refractivity contribution in [2.75, 3.05) is 19.0 Å². The normalized spacial score (nSPS) is 19.7. The van der Waals surface area contributed by atoms with E-state index in [9.17, 15) is 18.0 Å². The average Bonchev–Trinajstić information content (AvgIpc) is 3.27. The van der Waals surface area contributed by atoms with E-state index in [0.717, 1.165) is 0 Å². The number of halogens is 1. The van der Waals surface area contributed by atoms with Crippen molar-refractivity contribution in [2.24, 2.45) is 0 Å². The predicted molar refractivity (Wildman–Crippen MR) is 101 cm³/mol. The lowest BCUT2D eigenvalue weighted by molar-refractivity contribution is -0.170. The second kappa shape index (κ2) is 6.55. The van der Waals surface area contributed by atoms with Crippen molar-refractivity contribution in [1.29, 1.82) is 0 Å². The monoisotopic (exact) mass is 426 g/mol. The summed E-state index contributed by atoms with van der Waals surface area (Å²) >= 11 is 6.34. The molecule has 2 aliphatic rings. The van der Waals surface area contributed by atoms with Crippen molar-refractivity contribution in [1.82, 2.24) is 9.78 Å². The molecule has 2 aromatic rings. The van der Waals surface area contributed by atoms with Crippen LogP contribution in [0.25, 0.3) is 0 Å². The van der Waals surface area contributed by atoms with Gasteiger partial charge in [0.25, 0.3) is 5.56 Å². The van der Waals surface area contributed by atoms with E-state index in [4.69, 9.17) is 21.1 Å². The molecule has 10 heteroatoms. The topological polar surface area (TPSA) is 107 Å². The lowest BCUT2D eigenvalue weighted by Crippen LogP contribution is -2.38. The Bertz CT molecular complexity index is 1140. The van der Waals surface area contributed by atoms with Crippen molar-refractivity contribution < 1.29 is 22.7 Å². The van der Waals surface area contributed by atoms with Crippen LogP contribution in [0.5, 0.6) is 0 Å². The number of aromatic nitrogens is 2. The minimum atomic E-state index is -3.65. The number of rotatable bonds is 3. The number of ketones is 1. The third-order valence-corrected chi connectivity index (χ3v) is 7.48. The van der Waals surface area contributed by atoms with Gasteiger partial charge in [-0.05, 0) is 25.5 Å². The summed E-state index contributed by atoms with van der Waals surface area (Å²) in [7, 11) is -3.65. The molecule has 28 heavy (non-hydrogen) atoms. The van der Waals surface area contributed by atoms with Crippen LogP contribution < -0.4 is 5.56 Å². The van der Waals surface area contributed by atoms with E-state index in [0.29, 0.717) is 25.3 Å². The number of fused-ring (bicyclic) bond motifs is 2. The molecule has 1 saturated heterocycles. The zero-order valence-electron chi connectivity index (χ0n) is 15.4. The summed E-state index contributed by atoms with van der Waals surface area (Å²) in [6, 6.07) is 1.31. The first-order valence-electron chi connectivity index (χ1n) is 8.89. The number of aromatic amines is 1. The Hall–Kier alpha value is -1.94. The first kappa shape index (κ1) is 19.4. The van der Waals surface area contributed by atoms with Gasteiger partial charge in [-0.25, -0.2) is 8.42 Å². The molecule has 0 saturated carbocycles. The van der Waals surface area contributed by atoms with Crippen LogP contribution in [-0.2, 0) is 31.6 Å². The number of carbonyl (C=O) groups excluding carboxylic acids is 1. The molecule has 0 radical (unpaired) electrons. The molecular weight excluding hydrogens is 408 g/mol. The maximum Gasteiger partial charge on any atom is 0.277 e. The Labute approximate surface area is 166 Å². The first-order chi connectivity index (χ1) is 13.2. The van der Waals surface area contributed by atoms with E-state index in [1.165, 1.54) is 16.9 Å². The fourth-order valence-electron chi connectivity index (χ4n) is 3.91. The van der Waals surface area contributed by atoms with Crippen LogP contribution in [0, 0.1) is 6.92 Å². The molecule has 8 nitrogen and oxygen atoms in total. The Morgan fingerprint density at radius 2 is 2.00 bits per heavy atom. The van der Waals surface area contributed by atoms with Gasteiger partial charge in [0.2, 0.25) is 5.78 Å². The Morgan fingerprint density at radius 1 is 1.32 bits per heavy atom. The third kappa shape index (κ3) is 2.68. The lowest BCUT2D eigenvalue weighted by Gasteiger charge is -2.35. The van der Waals surface area contributed by atoms with Gasteiger partial charge in [0, 0.05) is 30.3 Å². The van der Waals surface area contributed by atoms with Gasteiger partial charge in [-0.1, -0.05) is 11.6 Å². The van der Waals surface area contributed by atoms with Crippen LogP contribution in [0.3, 0.4) is 0 Å². The number of nitrogens with one attached hydrogen (secondary N) is 1. The van der Waals surface area contributed by atoms with Crippen LogP contribution in [0.4, 0.5) is 0 Å². The van der Waals surface area contributed by atoms with E-state index in [2.05, 4.69) is 5.10 Å². The van der Waals surface area contributed by atoms with E-state index in [1.54, 1.807) is 13.8 Å². The number of aryl methyl sites for hydroxylation is 1. The molecular formula is C18H19ClN2O6S. The molecule has 1 aromatic heterocycles. The molecule has 0 aliphatic carbocycles. The van der Waals surface area contributed by atoms with Gasteiger partial charge in [-0.2, -0.15) is 0 Å². The summed E-state index contributed by atoms with van der Waals surface area (Å²) in [5, 5.41) is 2.66. The predicted octanol–water partition coefficient (Wildman–Crippen LogP) is 1.77. The van der Waals surface area contributed by atoms with Gasteiger partial charge in [0.05, 0.1) is 28.9 Å². The number of sulfone groups is 1. The molecule has 1 fully saturated rings. The second-order valence-corrected chi connectivity index (χ2v) is 9.27. The van der Waals surface area contributed by atoms with Crippen molar-refractivity contribution in [3.63, 3.8) is 0 Å². The lowest BCUT2D eigenvalue weighted by atomic mass is 9.90. The highest BCUT2D eigenvalue weighted by atomic mass is 35.5. The van der Waals surface area contributed by atoms with Gasteiger partial charge >= 0.3 is 0 Å². The standard InChI is InChI=1S/C18H19ClN2O6S/c1-3-21-17(23)12(9-20-21)15(22)11-8-13(19)16-14(10(11)2)18(26-5-6-27-18)4-7-28(16,24)25/h8-9,20H,3-7H2,1-2H3. The molecule has 0 amide bonds. The summed E-state index contributed by atoms with van der Waals surface area (Å²) in [4.78, 5) is 25.4. The van der Waals surface area contributed by atoms with Crippen molar-refractivity contribution in [2.45, 2.75) is 37.5 Å². The van der Waals surface area contributed by atoms with E-state index < -0.39 is 27.0 Å². The van der Waals surface area contributed by atoms with Crippen molar-refractivity contribution in [3.8, 4) is 0 Å². The molecule has 3 heterocycles. The molecule has 1 N–H and O–H groups in total. The zero-order chi connectivity index (χ0) is 20.3. The summed E-state index contributed by atoms with van der Waals surface area (Å²) in [5.74, 6) is -1.94. The van der Waals surface area contributed by atoms with Crippen LogP contribution in [0.2, 0.25) is 5.02 Å². The van der Waals surface area contributed by atoms with Gasteiger partial charge in [-0.3, -0.25) is 14.3 Å². The number of benzene rings is 1. The van der Waals surface area contributed by atoms with E-state index >= 15 is 0 Å². The summed E-state index contributed by atoms with van der Waals surface area (Å²) in [6.45, 7) is 4.41. The number of nitrogens with zero attached hydrogens (tertiary/aromatic N) is 1. The molecule has 4 rings (SSSR count). The van der Waals surface area contributed by atoms with Gasteiger partial charge < -0.3 is 14.6 Å². The Kier molecular flexibility index (Phi) is 4.53. The molecule has 0 bridgehead atoms. The largest absolute Gasteiger partial charge is 0.343 e. The highest BCUT2D eigenvalue weighted by Gasteiger charge is 2.49. The molecule has 1 spiro atoms. The zero-order valence-corrected chi connectivity index (χ0v) is 16.9. The fourth-order valence-corrected chi connectivity index (χ4v) is 6.19. The average molecular weight is 427 g/mol. The SMILES string of the molecule is CCn1[nH]cc(C(=O)c2cc(Cl)c3c(c2C)C2(CCS3(=O)=O)OCCO2)c1=O. The molecule has 0 atom stereocenters. The Balaban J connectivity index is 1.97. The number of carbonyl (C=O) groups is 1. The van der Waals surface area contributed by atoms with E-state index in [1.807, 2.05) is 0 Å². The number of hydrogen-bond acceptors (Lipinski definition) is 6. The highest BCUT2D eigenvalue weighted by Crippen LogP contribution is 2.48. The van der Waals surface area contributed by atoms with Crippen LogP contribution in [0.1, 0.15) is 40.4 Å². The molecule has 0 unspecified atom stereocenters. The molecule has 1 aromatic carbocycles. The number of hydrogen-bond donors (Lipinski definition) is 1. The van der Waals surface area contributed by atoms with Crippen LogP contribution in [0.15, 0.2) is 22.0 Å². The van der Waals surface area contributed by atoms with Crippen molar-refractivity contribution >= 4 is 27.2 Å². The smallest absolute Gasteiger partial charge is 0.277 e.